The summed E-state index contributed by atoms with van der Waals surface area (Å²) in [6.07, 6.45) is 16.9. The van der Waals surface area contributed by atoms with Gasteiger partial charge in [0.05, 0.1) is 34.2 Å². The van der Waals surface area contributed by atoms with Gasteiger partial charge < -0.3 is 26.4 Å². The summed E-state index contributed by atoms with van der Waals surface area (Å²) in [5, 5.41) is 0. The van der Waals surface area contributed by atoms with Crippen LogP contribution >= 0.6 is 0 Å². The summed E-state index contributed by atoms with van der Waals surface area (Å²) in [4.78, 5) is 24.4. The predicted octanol–water partition coefficient (Wildman–Crippen LogP) is 3.43. The van der Waals surface area contributed by atoms with Crippen LogP contribution in [0.5, 0.6) is 0 Å². The highest BCUT2D eigenvalue weighted by atomic mass is 35.5. The molecule has 1 atom stereocenters. The van der Waals surface area contributed by atoms with E-state index in [0.717, 1.165) is 38.5 Å². The van der Waals surface area contributed by atoms with Gasteiger partial charge in [0.1, 0.15) is 6.54 Å². The molecule has 0 amide bonds. The highest BCUT2D eigenvalue weighted by Crippen LogP contribution is 2.12. The molecule has 0 N–H and O–H groups in total. The van der Waals surface area contributed by atoms with E-state index in [1.54, 1.807) is 0 Å². The van der Waals surface area contributed by atoms with E-state index in [1.165, 1.54) is 51.4 Å². The summed E-state index contributed by atoms with van der Waals surface area (Å²) < 4.78 is 11.7. The lowest BCUT2D eigenvalue weighted by atomic mass is 10.1. The molecule has 0 aromatic rings. The number of hydrogen-bond acceptors (Lipinski definition) is 4. The molecular weight excluding hydrogens is 426 g/mol. The van der Waals surface area contributed by atoms with Crippen molar-refractivity contribution < 1.29 is 36.0 Å². The first-order chi connectivity index (χ1) is 14.8. The zero-order chi connectivity index (χ0) is 23.4. The molecular formula is C26H52ClNO4. The molecule has 0 unspecified atom stereocenters. The monoisotopic (exact) mass is 477 g/mol. The number of carbonyl (C=O) groups is 2. The second-order valence-electron chi connectivity index (χ2n) is 10.0. The molecule has 5 nitrogen and oxygen atoms in total. The largest absolute Gasteiger partial charge is 1.00 e. The molecule has 0 radical (unpaired) electrons. The lowest BCUT2D eigenvalue weighted by molar-refractivity contribution is -0.873. The topological polar surface area (TPSA) is 52.6 Å². The Bertz CT molecular complexity index is 452. The van der Waals surface area contributed by atoms with Crippen LogP contribution in [0.2, 0.25) is 0 Å². The Morgan fingerprint density at radius 3 is 1.66 bits per heavy atom. The number of esters is 2. The van der Waals surface area contributed by atoms with Crippen molar-refractivity contribution in [1.82, 2.24) is 0 Å². The molecule has 0 saturated heterocycles. The Kier molecular flexibility index (Phi) is 22.9. The maximum absolute atomic E-state index is 12.3. The van der Waals surface area contributed by atoms with E-state index >= 15 is 0 Å². The Labute approximate surface area is 205 Å². The van der Waals surface area contributed by atoms with E-state index in [4.69, 9.17) is 9.47 Å². The van der Waals surface area contributed by atoms with Gasteiger partial charge in [0.15, 0.2) is 6.10 Å². The average molecular weight is 478 g/mol. The van der Waals surface area contributed by atoms with Crippen LogP contribution in [0, 0.1) is 0 Å². The van der Waals surface area contributed by atoms with Gasteiger partial charge in [0.2, 0.25) is 0 Å². The molecule has 0 rings (SSSR count). The SMILES string of the molecule is CCCCCCCCCCCCOC(=O)C[C@H](C[N+](C)(C)C)OC(=O)CCCCCC.[Cl-]. The van der Waals surface area contributed by atoms with Crippen LogP contribution in [0.3, 0.4) is 0 Å². The number of unbranched alkanes of at least 4 members (excludes halogenated alkanes) is 12. The minimum Gasteiger partial charge on any atom is -1.00 e. The minimum absolute atomic E-state index is 0. The molecule has 0 aliphatic heterocycles. The molecule has 32 heavy (non-hydrogen) atoms. The number of halogens is 1. The molecule has 0 aliphatic carbocycles. The molecule has 0 spiro atoms. The second kappa shape index (κ2) is 22.0. The molecule has 0 aromatic heterocycles. The van der Waals surface area contributed by atoms with E-state index in [0.29, 0.717) is 24.1 Å². The first-order valence-corrected chi connectivity index (χ1v) is 12.9. The zero-order valence-corrected chi connectivity index (χ0v) is 22.5. The molecule has 0 bridgehead atoms. The number of rotatable bonds is 21. The van der Waals surface area contributed by atoms with Crippen LogP contribution in [-0.4, -0.2) is 56.8 Å². The molecule has 192 valence electrons. The van der Waals surface area contributed by atoms with E-state index in [1.807, 2.05) is 21.1 Å². The number of nitrogens with zero attached hydrogens (tertiary/aromatic N) is 1. The van der Waals surface area contributed by atoms with Crippen molar-refractivity contribution in [2.24, 2.45) is 0 Å². The van der Waals surface area contributed by atoms with Crippen LogP contribution < -0.4 is 12.4 Å². The standard InChI is InChI=1S/C26H52NO4.ClH/c1-6-8-10-12-13-14-15-16-17-19-21-30-26(29)22-24(23-27(3,4)5)31-25(28)20-18-11-9-7-2;/h24H,6-23H2,1-5H3;1H/q+1;/p-1/t24-;/m1./s1. The second-order valence-corrected chi connectivity index (χ2v) is 10.0. The van der Waals surface area contributed by atoms with Gasteiger partial charge >= 0.3 is 11.9 Å². The Balaban J connectivity index is 0. The first kappa shape index (κ1) is 33.4. The van der Waals surface area contributed by atoms with Gasteiger partial charge in [-0.05, 0) is 12.8 Å². The van der Waals surface area contributed by atoms with Crippen molar-refractivity contribution in [3.63, 3.8) is 0 Å². The summed E-state index contributed by atoms with van der Waals surface area (Å²) in [5.41, 5.74) is 0. The third kappa shape index (κ3) is 23.8. The van der Waals surface area contributed by atoms with Crippen molar-refractivity contribution in [2.45, 2.75) is 123 Å². The smallest absolute Gasteiger partial charge is 0.309 e. The third-order valence-electron chi connectivity index (χ3n) is 5.44. The molecule has 0 aliphatic rings. The van der Waals surface area contributed by atoms with E-state index < -0.39 is 6.10 Å². The summed E-state index contributed by atoms with van der Waals surface area (Å²) in [6.45, 7) is 5.47. The fourth-order valence-corrected chi connectivity index (χ4v) is 3.72. The average Bonchev–Trinajstić information content (AvgIpc) is 2.68. The summed E-state index contributed by atoms with van der Waals surface area (Å²) in [7, 11) is 6.12. The molecule has 0 fully saturated rings. The van der Waals surface area contributed by atoms with Gasteiger partial charge in [-0.25, -0.2) is 0 Å². The lowest BCUT2D eigenvalue weighted by Gasteiger charge is -2.28. The number of ether oxygens (including phenoxy) is 2. The number of carbonyl (C=O) groups excluding carboxylic acids is 2. The predicted molar refractivity (Wildman–Crippen MR) is 129 cm³/mol. The van der Waals surface area contributed by atoms with Crippen molar-refractivity contribution in [3.05, 3.63) is 0 Å². The zero-order valence-electron chi connectivity index (χ0n) is 21.8. The number of quaternary nitrogens is 1. The summed E-state index contributed by atoms with van der Waals surface area (Å²) in [6, 6.07) is 0. The van der Waals surface area contributed by atoms with Crippen LogP contribution in [-0.2, 0) is 19.1 Å². The van der Waals surface area contributed by atoms with E-state index in [-0.39, 0.29) is 30.8 Å². The Morgan fingerprint density at radius 1 is 0.688 bits per heavy atom. The fourth-order valence-electron chi connectivity index (χ4n) is 3.72. The Hall–Kier alpha value is -0.810. The van der Waals surface area contributed by atoms with Crippen molar-refractivity contribution in [1.29, 1.82) is 0 Å². The van der Waals surface area contributed by atoms with Gasteiger partial charge in [-0.15, -0.1) is 0 Å². The van der Waals surface area contributed by atoms with Crippen molar-refractivity contribution in [3.8, 4) is 0 Å². The van der Waals surface area contributed by atoms with Crippen LogP contribution in [0.25, 0.3) is 0 Å². The molecule has 0 aromatic carbocycles. The highest BCUT2D eigenvalue weighted by Gasteiger charge is 2.25. The van der Waals surface area contributed by atoms with Crippen LogP contribution in [0.4, 0.5) is 0 Å². The maximum atomic E-state index is 12.3. The fraction of sp³-hybridized carbons (Fsp3) is 0.923. The van der Waals surface area contributed by atoms with Gasteiger partial charge in [0.25, 0.3) is 0 Å². The van der Waals surface area contributed by atoms with Gasteiger partial charge in [-0.2, -0.15) is 0 Å². The van der Waals surface area contributed by atoms with Crippen LogP contribution in [0.1, 0.15) is 117 Å². The van der Waals surface area contributed by atoms with Gasteiger partial charge in [0, 0.05) is 6.42 Å². The molecule has 0 saturated carbocycles. The lowest BCUT2D eigenvalue weighted by Crippen LogP contribution is -3.00. The minimum atomic E-state index is -0.418. The maximum Gasteiger partial charge on any atom is 0.309 e. The molecule has 0 heterocycles. The summed E-state index contributed by atoms with van der Waals surface area (Å²) >= 11 is 0. The Morgan fingerprint density at radius 2 is 1.16 bits per heavy atom. The summed E-state index contributed by atoms with van der Waals surface area (Å²) in [5.74, 6) is -0.454. The number of likely N-dealkylation sites (N-methyl/N-ethyl adjacent to an activating group) is 1. The van der Waals surface area contributed by atoms with E-state index in [2.05, 4.69) is 13.8 Å². The first-order valence-electron chi connectivity index (χ1n) is 12.9. The van der Waals surface area contributed by atoms with Crippen molar-refractivity contribution in [2.75, 3.05) is 34.3 Å². The third-order valence-corrected chi connectivity index (χ3v) is 5.44. The number of hydrogen-bond donors (Lipinski definition) is 0. The highest BCUT2D eigenvalue weighted by molar-refractivity contribution is 5.72. The van der Waals surface area contributed by atoms with Gasteiger partial charge in [-0.1, -0.05) is 90.9 Å². The molecule has 6 heteroatoms. The van der Waals surface area contributed by atoms with Gasteiger partial charge in [-0.3, -0.25) is 9.59 Å². The van der Waals surface area contributed by atoms with E-state index in [9.17, 15) is 9.59 Å². The van der Waals surface area contributed by atoms with Crippen LogP contribution in [0.15, 0.2) is 0 Å². The quantitative estimate of drug-likeness (QED) is 0.144. The normalized spacial score (nSPS) is 12.2. The van der Waals surface area contributed by atoms with Crippen molar-refractivity contribution >= 4 is 11.9 Å².